The van der Waals surface area contributed by atoms with E-state index < -0.39 is 30.1 Å². The monoisotopic (exact) mass is 336 g/mol. The zero-order chi connectivity index (χ0) is 18.1. The number of aliphatic hydroxyl groups is 1. The van der Waals surface area contributed by atoms with Crippen LogP contribution in [0.1, 0.15) is 38.8 Å². The molecule has 1 heterocycles. The summed E-state index contributed by atoms with van der Waals surface area (Å²) in [6.07, 6.45) is 1.22. The number of aliphatic carboxylic acids is 1. The number of aliphatic hydroxyl groups excluding tert-OH is 1. The van der Waals surface area contributed by atoms with Gasteiger partial charge in [0.1, 0.15) is 5.82 Å². The summed E-state index contributed by atoms with van der Waals surface area (Å²) in [6.45, 7) is 7.32. The van der Waals surface area contributed by atoms with Crippen LogP contribution in [0, 0.1) is 5.82 Å². The second-order valence-corrected chi connectivity index (χ2v) is 6.89. The molecule has 0 amide bonds. The molecule has 1 saturated heterocycles. The quantitative estimate of drug-likeness (QED) is 0.808. The van der Waals surface area contributed by atoms with Gasteiger partial charge in [-0.05, 0) is 50.4 Å². The lowest BCUT2D eigenvalue weighted by atomic mass is 9.77. The Kier molecular flexibility index (Phi) is 5.18. The first-order valence-corrected chi connectivity index (χ1v) is 7.73. The number of hydrogen-bond donors (Lipinski definition) is 2. The lowest BCUT2D eigenvalue weighted by Gasteiger charge is -2.32. The molecule has 0 radical (unpaired) electrons. The topological polar surface area (TPSA) is 76.0 Å². The van der Waals surface area contributed by atoms with E-state index in [-0.39, 0.29) is 18.6 Å². The summed E-state index contributed by atoms with van der Waals surface area (Å²) in [5.41, 5.74) is 0.00525. The number of carboxylic acid groups (broad SMARTS) is 1. The summed E-state index contributed by atoms with van der Waals surface area (Å²) in [5.74, 6) is -1.69. The van der Waals surface area contributed by atoms with Crippen LogP contribution in [-0.2, 0) is 20.5 Å². The van der Waals surface area contributed by atoms with E-state index >= 15 is 0 Å². The zero-order valence-electron chi connectivity index (χ0n) is 14.3. The van der Waals surface area contributed by atoms with E-state index in [1.165, 1.54) is 12.1 Å². The summed E-state index contributed by atoms with van der Waals surface area (Å²) < 4.78 is 25.7. The Balaban J connectivity index is 2.25. The van der Waals surface area contributed by atoms with E-state index in [9.17, 15) is 14.3 Å². The molecule has 0 aromatic heterocycles. The number of carboxylic acids is 1. The van der Waals surface area contributed by atoms with Gasteiger partial charge in [-0.2, -0.15) is 0 Å². The second-order valence-electron chi connectivity index (χ2n) is 6.89. The molecule has 1 aliphatic rings. The third-order valence-corrected chi connectivity index (χ3v) is 4.51. The van der Waals surface area contributed by atoms with Crippen molar-refractivity contribution < 1.29 is 28.7 Å². The second kappa shape index (κ2) is 6.66. The van der Waals surface area contributed by atoms with Crippen LogP contribution in [0.15, 0.2) is 23.7 Å². The van der Waals surface area contributed by atoms with Crippen molar-refractivity contribution in [2.24, 2.45) is 0 Å². The molecule has 0 aliphatic carbocycles. The first-order valence-electron chi connectivity index (χ1n) is 7.73. The number of rotatable bonds is 5. The van der Waals surface area contributed by atoms with Crippen molar-refractivity contribution >= 4 is 19.2 Å². The first kappa shape index (κ1) is 18.6. The molecule has 1 aliphatic heterocycles. The normalized spacial score (nSPS) is 19.6. The molecule has 2 N–H and O–H groups in total. The highest BCUT2D eigenvalue weighted by atomic mass is 19.1. The van der Waals surface area contributed by atoms with Gasteiger partial charge in [0.2, 0.25) is 0 Å². The van der Waals surface area contributed by atoms with Crippen LogP contribution in [0.5, 0.6) is 0 Å². The summed E-state index contributed by atoms with van der Waals surface area (Å²) in [7, 11) is -0.721. The van der Waals surface area contributed by atoms with Crippen LogP contribution >= 0.6 is 0 Å². The molecule has 0 bridgehead atoms. The molecule has 0 spiro atoms. The van der Waals surface area contributed by atoms with Gasteiger partial charge < -0.3 is 19.5 Å². The Morgan fingerprint density at radius 2 is 1.83 bits per heavy atom. The Labute approximate surface area is 141 Å². The van der Waals surface area contributed by atoms with E-state index in [1.807, 2.05) is 27.7 Å². The first-order chi connectivity index (χ1) is 11.1. The maximum absolute atomic E-state index is 14.0. The van der Waals surface area contributed by atoms with Crippen molar-refractivity contribution in [3.05, 3.63) is 40.6 Å². The van der Waals surface area contributed by atoms with Crippen LogP contribution in [0.4, 0.5) is 4.39 Å². The average molecular weight is 336 g/mol. The Bertz CT molecular complexity index is 653. The molecule has 0 unspecified atom stereocenters. The summed E-state index contributed by atoms with van der Waals surface area (Å²) >= 11 is 0. The SMILES string of the molecule is CC1(C)OB(C(=Cc2ccc(CC(=O)O)c(F)c2)CO)OC1(C)C. The van der Waals surface area contributed by atoms with Gasteiger partial charge in [0.05, 0.1) is 24.2 Å². The third-order valence-electron chi connectivity index (χ3n) is 4.51. The summed E-state index contributed by atoms with van der Waals surface area (Å²) in [4.78, 5) is 10.7. The van der Waals surface area contributed by atoms with Crippen LogP contribution in [0.2, 0.25) is 0 Å². The van der Waals surface area contributed by atoms with Gasteiger partial charge >= 0.3 is 13.1 Å². The molecule has 5 nitrogen and oxygen atoms in total. The smallest absolute Gasteiger partial charge is 0.481 e. The summed E-state index contributed by atoms with van der Waals surface area (Å²) in [5, 5.41) is 18.4. The molecule has 1 aromatic rings. The Hall–Kier alpha value is -1.70. The molecule has 1 fully saturated rings. The van der Waals surface area contributed by atoms with Crippen LogP contribution in [0.3, 0.4) is 0 Å². The van der Waals surface area contributed by atoms with Crippen LogP contribution in [-0.4, -0.2) is 41.1 Å². The Morgan fingerprint density at radius 1 is 1.25 bits per heavy atom. The molecule has 7 heteroatoms. The van der Waals surface area contributed by atoms with Gasteiger partial charge in [-0.1, -0.05) is 18.2 Å². The van der Waals surface area contributed by atoms with Gasteiger partial charge in [0.15, 0.2) is 0 Å². The highest BCUT2D eigenvalue weighted by Gasteiger charge is 2.52. The highest BCUT2D eigenvalue weighted by molar-refractivity contribution is 6.55. The lowest BCUT2D eigenvalue weighted by Crippen LogP contribution is -2.41. The maximum Gasteiger partial charge on any atom is 0.492 e. The van der Waals surface area contributed by atoms with Crippen molar-refractivity contribution in [1.29, 1.82) is 0 Å². The van der Waals surface area contributed by atoms with Crippen molar-refractivity contribution in [2.45, 2.75) is 45.3 Å². The van der Waals surface area contributed by atoms with Gasteiger partial charge in [-0.3, -0.25) is 4.79 Å². The van der Waals surface area contributed by atoms with E-state index in [1.54, 1.807) is 12.1 Å². The van der Waals surface area contributed by atoms with E-state index in [2.05, 4.69) is 0 Å². The number of hydrogen-bond acceptors (Lipinski definition) is 4. The lowest BCUT2D eigenvalue weighted by molar-refractivity contribution is -0.136. The predicted octanol–water partition coefficient (Wildman–Crippen LogP) is 2.46. The molecule has 130 valence electrons. The maximum atomic E-state index is 14.0. The van der Waals surface area contributed by atoms with E-state index in [0.717, 1.165) is 0 Å². The standard InChI is InChI=1S/C17H22BFO5/c1-16(2)17(3,4)24-18(23-16)13(10-20)7-11-5-6-12(9-15(21)22)14(19)8-11/h5-8,20H,9-10H2,1-4H3,(H,21,22). The van der Waals surface area contributed by atoms with Gasteiger partial charge in [-0.15, -0.1) is 0 Å². The summed E-state index contributed by atoms with van der Waals surface area (Å²) in [6, 6.07) is 4.26. The highest BCUT2D eigenvalue weighted by Crippen LogP contribution is 2.38. The fraction of sp³-hybridized carbons (Fsp3) is 0.471. The van der Waals surface area contributed by atoms with Crippen LogP contribution < -0.4 is 0 Å². The van der Waals surface area contributed by atoms with Crippen molar-refractivity contribution in [3.63, 3.8) is 0 Å². The van der Waals surface area contributed by atoms with Crippen molar-refractivity contribution in [2.75, 3.05) is 6.61 Å². The molecular weight excluding hydrogens is 314 g/mol. The van der Waals surface area contributed by atoms with Gasteiger partial charge in [0, 0.05) is 0 Å². The largest absolute Gasteiger partial charge is 0.492 e. The fourth-order valence-electron chi connectivity index (χ4n) is 2.36. The molecular formula is C17H22BFO5. The number of carbonyl (C=O) groups is 1. The minimum absolute atomic E-state index is 0.112. The van der Waals surface area contributed by atoms with E-state index in [4.69, 9.17) is 14.4 Å². The van der Waals surface area contributed by atoms with Gasteiger partial charge in [0.25, 0.3) is 0 Å². The predicted molar refractivity (Wildman–Crippen MR) is 88.9 cm³/mol. The van der Waals surface area contributed by atoms with Crippen molar-refractivity contribution in [1.82, 2.24) is 0 Å². The molecule has 0 saturated carbocycles. The molecule has 1 aromatic carbocycles. The minimum atomic E-state index is -1.09. The van der Waals surface area contributed by atoms with Gasteiger partial charge in [-0.25, -0.2) is 4.39 Å². The Morgan fingerprint density at radius 3 is 2.29 bits per heavy atom. The molecule has 0 atom stereocenters. The van der Waals surface area contributed by atoms with Crippen LogP contribution in [0.25, 0.3) is 6.08 Å². The van der Waals surface area contributed by atoms with Crippen molar-refractivity contribution in [3.8, 4) is 0 Å². The fourth-order valence-corrected chi connectivity index (χ4v) is 2.36. The zero-order valence-corrected chi connectivity index (χ0v) is 14.3. The minimum Gasteiger partial charge on any atom is -0.481 e. The number of benzene rings is 1. The average Bonchev–Trinajstić information content (AvgIpc) is 2.67. The third kappa shape index (κ3) is 3.86. The molecule has 24 heavy (non-hydrogen) atoms. The van der Waals surface area contributed by atoms with E-state index in [0.29, 0.717) is 11.0 Å². The number of halogens is 1. The molecule has 2 rings (SSSR count).